The van der Waals surface area contributed by atoms with Gasteiger partial charge in [0.25, 0.3) is 5.91 Å². The van der Waals surface area contributed by atoms with Crippen LogP contribution >= 0.6 is 0 Å². The fourth-order valence-corrected chi connectivity index (χ4v) is 6.11. The minimum absolute atomic E-state index is 0.00183. The number of rotatable bonds is 8. The maximum absolute atomic E-state index is 13.2. The quantitative estimate of drug-likeness (QED) is 0.351. The lowest BCUT2D eigenvalue weighted by Gasteiger charge is -2.38. The number of ether oxygens (including phenoxy) is 5. The summed E-state index contributed by atoms with van der Waals surface area (Å²) in [6.07, 6.45) is 7.50. The third kappa shape index (κ3) is 8.67. The SMILES string of the molecule is CC(/C=C/C1CC2(CO2)CC(C)(C)O1)=C\CC1OCC(NC(=O)c2ccccc2C(C)OC(=O)N2CCN(C)CC2)CO1. The Morgan fingerprint density at radius 1 is 1.14 bits per heavy atom. The molecule has 4 saturated heterocycles. The average molecular weight is 598 g/mol. The molecule has 43 heavy (non-hydrogen) atoms. The van der Waals surface area contributed by atoms with Gasteiger partial charge in [-0.2, -0.15) is 0 Å². The molecule has 0 bridgehead atoms. The Balaban J connectivity index is 1.07. The van der Waals surface area contributed by atoms with Gasteiger partial charge in [-0.05, 0) is 40.8 Å². The summed E-state index contributed by atoms with van der Waals surface area (Å²) in [7, 11) is 2.03. The molecule has 0 radical (unpaired) electrons. The van der Waals surface area contributed by atoms with Crippen LogP contribution in [0.4, 0.5) is 4.79 Å². The van der Waals surface area contributed by atoms with Gasteiger partial charge in [0.1, 0.15) is 6.10 Å². The monoisotopic (exact) mass is 597 g/mol. The van der Waals surface area contributed by atoms with E-state index in [0.29, 0.717) is 43.9 Å². The van der Waals surface area contributed by atoms with Gasteiger partial charge in [-0.1, -0.05) is 42.0 Å². The van der Waals surface area contributed by atoms with Gasteiger partial charge in [-0.15, -0.1) is 0 Å². The number of piperazine rings is 1. The molecule has 10 nitrogen and oxygen atoms in total. The van der Waals surface area contributed by atoms with Crippen molar-refractivity contribution in [3.63, 3.8) is 0 Å². The highest BCUT2D eigenvalue weighted by Crippen LogP contribution is 2.46. The van der Waals surface area contributed by atoms with E-state index < -0.39 is 6.10 Å². The molecule has 3 atom stereocenters. The standard InChI is InChI=1S/C33H47N3O7/c1-23(10-12-26-18-33(22-41-33)21-32(3,4)43-26)11-13-29-39-19-25(20-40-29)34-30(37)28-9-7-6-8-27(28)24(2)42-31(38)36-16-14-35(5)15-17-36/h6-12,24-26,29H,13-22H2,1-5H3,(H,34,37)/b12-10+,23-11+. The van der Waals surface area contributed by atoms with Crippen LogP contribution in [0.1, 0.15) is 69.0 Å². The van der Waals surface area contributed by atoms with Gasteiger partial charge in [0.2, 0.25) is 0 Å². The number of amides is 2. The first-order valence-corrected chi connectivity index (χ1v) is 15.4. The minimum Gasteiger partial charge on any atom is -0.441 e. The summed E-state index contributed by atoms with van der Waals surface area (Å²) in [5, 5.41) is 3.02. The molecule has 1 aromatic carbocycles. The summed E-state index contributed by atoms with van der Waals surface area (Å²) in [6.45, 7) is 12.5. The Kier molecular flexibility index (Phi) is 9.93. The van der Waals surface area contributed by atoms with E-state index in [2.05, 4.69) is 49.2 Å². The van der Waals surface area contributed by atoms with Crippen molar-refractivity contribution >= 4 is 12.0 Å². The van der Waals surface area contributed by atoms with Gasteiger partial charge in [0, 0.05) is 56.6 Å². The van der Waals surface area contributed by atoms with Crippen LogP contribution in [0.2, 0.25) is 0 Å². The van der Waals surface area contributed by atoms with Crippen LogP contribution in [0.5, 0.6) is 0 Å². The number of nitrogens with one attached hydrogen (secondary N) is 1. The molecule has 4 aliphatic rings. The van der Waals surface area contributed by atoms with Gasteiger partial charge < -0.3 is 38.8 Å². The number of allylic oxidation sites excluding steroid dienone is 2. The number of hydrogen-bond acceptors (Lipinski definition) is 8. The number of nitrogens with zero attached hydrogens (tertiary/aromatic N) is 2. The van der Waals surface area contributed by atoms with Crippen molar-refractivity contribution in [3.8, 4) is 0 Å². The molecule has 0 aromatic heterocycles. The Bertz CT molecular complexity index is 1190. The van der Waals surface area contributed by atoms with Crippen LogP contribution in [-0.2, 0) is 23.7 Å². The average Bonchev–Trinajstić information content (AvgIpc) is 3.72. The molecule has 0 aliphatic carbocycles. The first kappa shape index (κ1) is 31.7. The summed E-state index contributed by atoms with van der Waals surface area (Å²) < 4.78 is 29.5. The number of benzene rings is 1. The number of carbonyl (C=O) groups is 2. The van der Waals surface area contributed by atoms with Gasteiger partial charge in [-0.25, -0.2) is 4.79 Å². The Hall–Kier alpha value is -2.76. The fraction of sp³-hybridized carbons (Fsp3) is 0.636. The van der Waals surface area contributed by atoms with Gasteiger partial charge >= 0.3 is 6.09 Å². The number of hydrogen-bond donors (Lipinski definition) is 1. The van der Waals surface area contributed by atoms with Crippen molar-refractivity contribution in [1.82, 2.24) is 15.1 Å². The lowest BCUT2D eigenvalue weighted by Crippen LogP contribution is -2.47. The lowest BCUT2D eigenvalue weighted by atomic mass is 9.85. The third-order valence-corrected chi connectivity index (χ3v) is 8.53. The van der Waals surface area contributed by atoms with Crippen LogP contribution < -0.4 is 5.32 Å². The van der Waals surface area contributed by atoms with E-state index in [-0.39, 0.29) is 41.6 Å². The van der Waals surface area contributed by atoms with Crippen molar-refractivity contribution in [3.05, 3.63) is 59.2 Å². The first-order valence-electron chi connectivity index (χ1n) is 15.4. The Morgan fingerprint density at radius 3 is 2.53 bits per heavy atom. The fourth-order valence-electron chi connectivity index (χ4n) is 6.11. The molecule has 0 saturated carbocycles. The molecule has 10 heteroatoms. The second-order valence-corrected chi connectivity index (χ2v) is 13.0. The predicted octanol–water partition coefficient (Wildman–Crippen LogP) is 4.22. The zero-order valence-electron chi connectivity index (χ0n) is 26.2. The lowest BCUT2D eigenvalue weighted by molar-refractivity contribution is -0.185. The highest BCUT2D eigenvalue weighted by Gasteiger charge is 2.53. The molecule has 1 N–H and O–H groups in total. The van der Waals surface area contributed by atoms with E-state index in [1.54, 1.807) is 24.0 Å². The van der Waals surface area contributed by atoms with E-state index in [9.17, 15) is 9.59 Å². The zero-order chi connectivity index (χ0) is 30.6. The molecule has 1 aromatic rings. The van der Waals surface area contributed by atoms with E-state index in [1.165, 1.54) is 0 Å². The summed E-state index contributed by atoms with van der Waals surface area (Å²) in [4.78, 5) is 29.8. The van der Waals surface area contributed by atoms with Gasteiger partial charge in [0.05, 0.1) is 43.2 Å². The van der Waals surface area contributed by atoms with Crippen LogP contribution in [0.25, 0.3) is 0 Å². The molecular formula is C33H47N3O7. The van der Waals surface area contributed by atoms with Crippen LogP contribution in [0, 0.1) is 0 Å². The van der Waals surface area contributed by atoms with Crippen LogP contribution in [0.15, 0.2) is 48.1 Å². The van der Waals surface area contributed by atoms with Crippen molar-refractivity contribution in [1.29, 1.82) is 0 Å². The summed E-state index contributed by atoms with van der Waals surface area (Å²) >= 11 is 0. The largest absolute Gasteiger partial charge is 0.441 e. The molecule has 4 fully saturated rings. The molecule has 5 rings (SSSR count). The van der Waals surface area contributed by atoms with E-state index in [4.69, 9.17) is 23.7 Å². The van der Waals surface area contributed by atoms with Crippen molar-refractivity contribution in [2.75, 3.05) is 53.0 Å². The Labute approximate surface area is 255 Å². The number of likely N-dealkylation sites (N-methyl/N-ethyl adjacent to an activating group) is 1. The highest BCUT2D eigenvalue weighted by molar-refractivity contribution is 5.96. The second kappa shape index (κ2) is 13.5. The maximum Gasteiger partial charge on any atom is 0.410 e. The summed E-state index contributed by atoms with van der Waals surface area (Å²) in [6, 6.07) is 6.93. The van der Waals surface area contributed by atoms with Gasteiger partial charge in [0.15, 0.2) is 6.29 Å². The Morgan fingerprint density at radius 2 is 1.84 bits per heavy atom. The van der Waals surface area contributed by atoms with Crippen molar-refractivity contribution in [2.24, 2.45) is 0 Å². The smallest absolute Gasteiger partial charge is 0.410 e. The molecule has 1 spiro atoms. The van der Waals surface area contributed by atoms with Crippen molar-refractivity contribution in [2.45, 2.75) is 82.7 Å². The minimum atomic E-state index is -0.569. The van der Waals surface area contributed by atoms with Crippen molar-refractivity contribution < 1.29 is 33.3 Å². The first-order chi connectivity index (χ1) is 20.5. The molecule has 4 heterocycles. The molecular weight excluding hydrogens is 550 g/mol. The number of epoxide rings is 1. The third-order valence-electron chi connectivity index (χ3n) is 8.53. The van der Waals surface area contributed by atoms with E-state index in [1.807, 2.05) is 19.2 Å². The van der Waals surface area contributed by atoms with Crippen LogP contribution in [0.3, 0.4) is 0 Å². The summed E-state index contributed by atoms with van der Waals surface area (Å²) in [5.41, 5.74) is 2.06. The zero-order valence-corrected chi connectivity index (χ0v) is 26.2. The topological polar surface area (TPSA) is 102 Å². The highest BCUT2D eigenvalue weighted by atomic mass is 16.7. The van der Waals surface area contributed by atoms with E-state index >= 15 is 0 Å². The maximum atomic E-state index is 13.2. The molecule has 3 unspecified atom stereocenters. The normalized spacial score (nSPS) is 30.3. The predicted molar refractivity (Wildman–Crippen MR) is 162 cm³/mol. The molecule has 236 valence electrons. The van der Waals surface area contributed by atoms with Crippen LogP contribution in [-0.4, -0.2) is 104 Å². The van der Waals surface area contributed by atoms with Gasteiger partial charge in [-0.3, -0.25) is 4.79 Å². The summed E-state index contributed by atoms with van der Waals surface area (Å²) in [5.74, 6) is -0.249. The van der Waals surface area contributed by atoms with E-state index in [0.717, 1.165) is 38.1 Å². The molecule has 2 amide bonds. The number of carbonyl (C=O) groups excluding carboxylic acids is 2. The second-order valence-electron chi connectivity index (χ2n) is 13.0. The molecule has 4 aliphatic heterocycles.